The lowest BCUT2D eigenvalue weighted by atomic mass is 10.0. The number of carbonyl (C=O) groups excluding carboxylic acids is 1. The summed E-state index contributed by atoms with van der Waals surface area (Å²) in [6.45, 7) is 11.2. The molecule has 1 fully saturated rings. The van der Waals surface area contributed by atoms with Crippen LogP contribution < -0.4 is 10.1 Å². The SMILES string of the molecule is Cc1c(C)n(Cc2cccc(OC(C)C)c2)c2ccc(C(=O)N[C@@H](C)c3cccc(C4CC4)c3)cc12. The van der Waals surface area contributed by atoms with Crippen LogP contribution in [0.4, 0.5) is 0 Å². The maximum Gasteiger partial charge on any atom is 0.251 e. The fourth-order valence-electron chi connectivity index (χ4n) is 5.03. The molecule has 4 nitrogen and oxygen atoms in total. The molecule has 1 aromatic heterocycles. The average molecular weight is 481 g/mol. The van der Waals surface area contributed by atoms with Crippen LogP contribution in [-0.4, -0.2) is 16.6 Å². The molecule has 0 saturated heterocycles. The summed E-state index contributed by atoms with van der Waals surface area (Å²) in [5.74, 6) is 1.56. The topological polar surface area (TPSA) is 43.3 Å². The Hall–Kier alpha value is -3.53. The van der Waals surface area contributed by atoms with Gasteiger partial charge in [0, 0.05) is 28.7 Å². The molecule has 186 valence electrons. The van der Waals surface area contributed by atoms with E-state index in [-0.39, 0.29) is 18.1 Å². The highest BCUT2D eigenvalue weighted by molar-refractivity contribution is 5.99. The van der Waals surface area contributed by atoms with Gasteiger partial charge in [-0.2, -0.15) is 0 Å². The minimum atomic E-state index is -0.0420. The van der Waals surface area contributed by atoms with Crippen molar-refractivity contribution >= 4 is 16.8 Å². The van der Waals surface area contributed by atoms with E-state index in [1.165, 1.54) is 35.2 Å². The van der Waals surface area contributed by atoms with Gasteiger partial charge in [0.15, 0.2) is 0 Å². The maximum atomic E-state index is 13.2. The van der Waals surface area contributed by atoms with Gasteiger partial charge in [0.05, 0.1) is 12.1 Å². The molecule has 3 aromatic carbocycles. The molecule has 1 N–H and O–H groups in total. The van der Waals surface area contributed by atoms with E-state index in [1.54, 1.807) is 0 Å². The summed E-state index contributed by atoms with van der Waals surface area (Å²) in [6, 6.07) is 23.0. The van der Waals surface area contributed by atoms with Crippen molar-refractivity contribution in [2.75, 3.05) is 0 Å². The number of aryl methyl sites for hydroxylation is 1. The zero-order valence-electron chi connectivity index (χ0n) is 22.0. The second kappa shape index (κ2) is 9.85. The van der Waals surface area contributed by atoms with Crippen LogP contribution >= 0.6 is 0 Å². The number of hydrogen-bond donors (Lipinski definition) is 1. The molecular weight excluding hydrogens is 444 g/mol. The van der Waals surface area contributed by atoms with Crippen LogP contribution in [0.1, 0.15) is 83.9 Å². The van der Waals surface area contributed by atoms with E-state index in [1.807, 2.05) is 38.1 Å². The molecule has 1 heterocycles. The summed E-state index contributed by atoms with van der Waals surface area (Å²) in [5, 5.41) is 4.33. The van der Waals surface area contributed by atoms with E-state index in [0.717, 1.165) is 28.8 Å². The van der Waals surface area contributed by atoms with Crippen LogP contribution in [0.5, 0.6) is 5.75 Å². The van der Waals surface area contributed by atoms with E-state index in [0.29, 0.717) is 11.5 Å². The van der Waals surface area contributed by atoms with Crippen LogP contribution in [0.25, 0.3) is 10.9 Å². The normalized spacial score (nSPS) is 14.3. The highest BCUT2D eigenvalue weighted by Gasteiger charge is 2.24. The number of benzene rings is 3. The van der Waals surface area contributed by atoms with Gasteiger partial charge in [-0.1, -0.05) is 36.4 Å². The van der Waals surface area contributed by atoms with Gasteiger partial charge in [-0.05, 0) is 106 Å². The summed E-state index contributed by atoms with van der Waals surface area (Å²) in [6.07, 6.45) is 2.70. The minimum Gasteiger partial charge on any atom is -0.491 e. The molecule has 1 atom stereocenters. The zero-order chi connectivity index (χ0) is 25.4. The molecule has 36 heavy (non-hydrogen) atoms. The number of fused-ring (bicyclic) bond motifs is 1. The van der Waals surface area contributed by atoms with Crippen LogP contribution in [0, 0.1) is 13.8 Å². The van der Waals surface area contributed by atoms with E-state index in [4.69, 9.17) is 4.74 Å². The second-order valence-corrected chi connectivity index (χ2v) is 10.5. The summed E-state index contributed by atoms with van der Waals surface area (Å²) < 4.78 is 8.21. The third kappa shape index (κ3) is 5.04. The van der Waals surface area contributed by atoms with Crippen molar-refractivity contribution in [1.29, 1.82) is 0 Å². The Labute approximate surface area is 214 Å². The predicted molar refractivity (Wildman–Crippen MR) is 147 cm³/mol. The standard InChI is InChI=1S/C32H36N2O2/c1-20(2)36-29-11-6-8-24(16-29)19-34-23(5)21(3)30-18-28(14-15-31(30)34)32(35)33-22(4)26-9-7-10-27(17-26)25-12-13-25/h6-11,14-18,20,22,25H,12-13,19H2,1-5H3,(H,33,35)/t22-/m0/s1. The van der Waals surface area contributed by atoms with Crippen molar-refractivity contribution in [2.45, 2.75) is 72.1 Å². The molecule has 0 spiro atoms. The van der Waals surface area contributed by atoms with Crippen LogP contribution in [0.3, 0.4) is 0 Å². The highest BCUT2D eigenvalue weighted by atomic mass is 16.5. The van der Waals surface area contributed by atoms with Crippen LogP contribution in [0.2, 0.25) is 0 Å². The Morgan fingerprint density at radius 1 is 1.00 bits per heavy atom. The fraction of sp³-hybridized carbons (Fsp3) is 0.344. The van der Waals surface area contributed by atoms with E-state index < -0.39 is 0 Å². The Morgan fingerprint density at radius 3 is 2.53 bits per heavy atom. The second-order valence-electron chi connectivity index (χ2n) is 10.5. The van der Waals surface area contributed by atoms with Crippen molar-refractivity contribution in [3.63, 3.8) is 0 Å². The van der Waals surface area contributed by atoms with Crippen molar-refractivity contribution < 1.29 is 9.53 Å². The average Bonchev–Trinajstić information content (AvgIpc) is 3.69. The molecule has 0 bridgehead atoms. The molecule has 0 radical (unpaired) electrons. The van der Waals surface area contributed by atoms with Gasteiger partial charge < -0.3 is 14.6 Å². The van der Waals surface area contributed by atoms with Gasteiger partial charge >= 0.3 is 0 Å². The van der Waals surface area contributed by atoms with Crippen molar-refractivity contribution in [3.05, 3.63) is 100 Å². The van der Waals surface area contributed by atoms with Gasteiger partial charge in [0.2, 0.25) is 0 Å². The first-order valence-corrected chi connectivity index (χ1v) is 13.1. The number of nitrogens with zero attached hydrogens (tertiary/aromatic N) is 1. The number of nitrogens with one attached hydrogen (secondary N) is 1. The first-order valence-electron chi connectivity index (χ1n) is 13.1. The molecule has 1 amide bonds. The monoisotopic (exact) mass is 480 g/mol. The summed E-state index contributed by atoms with van der Waals surface area (Å²) in [7, 11) is 0. The smallest absolute Gasteiger partial charge is 0.251 e. The molecule has 1 saturated carbocycles. The Bertz CT molecular complexity index is 1410. The lowest BCUT2D eigenvalue weighted by molar-refractivity contribution is 0.0940. The molecule has 0 unspecified atom stereocenters. The van der Waals surface area contributed by atoms with E-state index in [9.17, 15) is 4.79 Å². The number of aromatic nitrogens is 1. The zero-order valence-corrected chi connectivity index (χ0v) is 22.0. The predicted octanol–water partition coefficient (Wildman–Crippen LogP) is 7.46. The largest absolute Gasteiger partial charge is 0.491 e. The number of hydrogen-bond acceptors (Lipinski definition) is 2. The van der Waals surface area contributed by atoms with Crippen molar-refractivity contribution in [1.82, 2.24) is 9.88 Å². The molecule has 0 aliphatic heterocycles. The Kier molecular flexibility index (Phi) is 6.61. The minimum absolute atomic E-state index is 0.0374. The third-order valence-electron chi connectivity index (χ3n) is 7.32. The number of amides is 1. The summed E-state index contributed by atoms with van der Waals surface area (Å²) >= 11 is 0. The Morgan fingerprint density at radius 2 is 1.78 bits per heavy atom. The van der Waals surface area contributed by atoms with Crippen LogP contribution in [0.15, 0.2) is 66.7 Å². The lowest BCUT2D eigenvalue weighted by Gasteiger charge is -2.16. The highest BCUT2D eigenvalue weighted by Crippen LogP contribution is 2.40. The number of rotatable bonds is 8. The molecule has 4 aromatic rings. The summed E-state index contributed by atoms with van der Waals surface area (Å²) in [5.41, 5.74) is 8.00. The van der Waals surface area contributed by atoms with Gasteiger partial charge in [-0.25, -0.2) is 0 Å². The molecule has 1 aliphatic rings. The quantitative estimate of drug-likeness (QED) is 0.284. The maximum absolute atomic E-state index is 13.2. The van der Waals surface area contributed by atoms with E-state index >= 15 is 0 Å². The first-order chi connectivity index (χ1) is 17.3. The van der Waals surface area contributed by atoms with Gasteiger partial charge in [0.1, 0.15) is 5.75 Å². The van der Waals surface area contributed by atoms with E-state index in [2.05, 4.69) is 73.1 Å². The number of carbonyl (C=O) groups is 1. The first kappa shape index (κ1) is 24.2. The van der Waals surface area contributed by atoms with Crippen molar-refractivity contribution in [3.8, 4) is 5.75 Å². The fourth-order valence-corrected chi connectivity index (χ4v) is 5.03. The number of ether oxygens (including phenoxy) is 1. The van der Waals surface area contributed by atoms with Gasteiger partial charge in [0.25, 0.3) is 5.91 Å². The van der Waals surface area contributed by atoms with Crippen LogP contribution in [-0.2, 0) is 6.54 Å². The summed E-state index contributed by atoms with van der Waals surface area (Å²) in [4.78, 5) is 13.2. The lowest BCUT2D eigenvalue weighted by Crippen LogP contribution is -2.26. The third-order valence-corrected chi connectivity index (χ3v) is 7.32. The molecule has 4 heteroatoms. The van der Waals surface area contributed by atoms with Gasteiger partial charge in [-0.15, -0.1) is 0 Å². The molecule has 1 aliphatic carbocycles. The molecular formula is C32H36N2O2. The van der Waals surface area contributed by atoms with Gasteiger partial charge in [-0.3, -0.25) is 4.79 Å². The Balaban J connectivity index is 1.37. The molecule has 5 rings (SSSR count). The van der Waals surface area contributed by atoms with Crippen molar-refractivity contribution in [2.24, 2.45) is 0 Å².